The standard InChI is InChI=1S/C16H23FINO2S/c1-10(19-22(20)15(2,3)4)11-6-7-13(17)12-8-16(5,9-18)21-14(11)12/h6-7,10,19H,8-9H2,1-5H3/t10-,16-,22?/m1/s1. The van der Waals surface area contributed by atoms with Crippen LogP contribution in [-0.2, 0) is 17.8 Å². The molecule has 1 aliphatic heterocycles. The van der Waals surface area contributed by atoms with Gasteiger partial charge >= 0.3 is 0 Å². The van der Waals surface area contributed by atoms with Gasteiger partial charge in [-0.25, -0.2) is 4.39 Å². The smallest absolute Gasteiger partial charge is 0.136 e. The van der Waals surface area contributed by atoms with E-state index in [1.54, 1.807) is 6.07 Å². The Morgan fingerprint density at radius 2 is 2.14 bits per heavy atom. The Morgan fingerprint density at radius 3 is 2.68 bits per heavy atom. The summed E-state index contributed by atoms with van der Waals surface area (Å²) in [6.07, 6.45) is 0.569. The van der Waals surface area contributed by atoms with Gasteiger partial charge < -0.3 is 9.29 Å². The van der Waals surface area contributed by atoms with E-state index in [1.807, 2.05) is 34.6 Å². The fourth-order valence-electron chi connectivity index (χ4n) is 2.38. The van der Waals surface area contributed by atoms with Crippen LogP contribution in [0.3, 0.4) is 0 Å². The van der Waals surface area contributed by atoms with Crippen molar-refractivity contribution in [3.63, 3.8) is 0 Å². The Hall–Kier alpha value is -0.0500. The number of fused-ring (bicyclic) bond motifs is 1. The summed E-state index contributed by atoms with van der Waals surface area (Å²) >= 11 is 1.07. The lowest BCUT2D eigenvalue weighted by Crippen LogP contribution is -2.40. The van der Waals surface area contributed by atoms with Crippen molar-refractivity contribution in [3.05, 3.63) is 29.1 Å². The summed E-state index contributed by atoms with van der Waals surface area (Å²) < 4.78 is 36.0. The number of benzene rings is 1. The Kier molecular flexibility index (Phi) is 5.36. The van der Waals surface area contributed by atoms with E-state index in [2.05, 4.69) is 27.3 Å². The first-order valence-corrected chi connectivity index (χ1v) is 9.99. The minimum absolute atomic E-state index is 0.175. The molecular formula is C16H23FINO2S. The van der Waals surface area contributed by atoms with Crippen LogP contribution in [0, 0.1) is 5.82 Å². The van der Waals surface area contributed by atoms with Crippen molar-refractivity contribution in [1.82, 2.24) is 4.72 Å². The van der Waals surface area contributed by atoms with Crippen LogP contribution in [0.25, 0.3) is 0 Å². The number of halogens is 2. The maximum Gasteiger partial charge on any atom is 0.136 e. The average Bonchev–Trinajstić information content (AvgIpc) is 2.77. The van der Waals surface area contributed by atoms with Crippen LogP contribution in [0.4, 0.5) is 4.39 Å². The van der Waals surface area contributed by atoms with Crippen LogP contribution in [-0.4, -0.2) is 19.3 Å². The van der Waals surface area contributed by atoms with E-state index < -0.39 is 11.4 Å². The Labute approximate surface area is 148 Å². The van der Waals surface area contributed by atoms with Gasteiger partial charge in [0.05, 0.1) is 6.04 Å². The second kappa shape index (κ2) is 6.45. The Morgan fingerprint density at radius 1 is 1.50 bits per heavy atom. The highest BCUT2D eigenvalue weighted by atomic mass is 127. The molecule has 0 aromatic heterocycles. The molecule has 0 bridgehead atoms. The molecule has 1 N–H and O–H groups in total. The number of alkyl halides is 1. The first-order chi connectivity index (χ1) is 10.1. The largest absolute Gasteiger partial charge is 0.598 e. The summed E-state index contributed by atoms with van der Waals surface area (Å²) in [5.41, 5.74) is 1.12. The third-order valence-electron chi connectivity index (χ3n) is 3.72. The number of hydrogen-bond acceptors (Lipinski definition) is 3. The molecule has 3 nitrogen and oxygen atoms in total. The molecule has 0 spiro atoms. The van der Waals surface area contributed by atoms with Gasteiger partial charge in [0, 0.05) is 33.3 Å². The highest BCUT2D eigenvalue weighted by Crippen LogP contribution is 2.42. The summed E-state index contributed by atoms with van der Waals surface area (Å²) in [6.45, 7) is 9.68. The van der Waals surface area contributed by atoms with Gasteiger partial charge in [-0.3, -0.25) is 0 Å². The summed E-state index contributed by atoms with van der Waals surface area (Å²) in [7, 11) is 0. The van der Waals surface area contributed by atoms with Crippen LogP contribution in [0.2, 0.25) is 0 Å². The van der Waals surface area contributed by atoms with Gasteiger partial charge in [-0.15, -0.1) is 4.72 Å². The van der Waals surface area contributed by atoms with Crippen LogP contribution in [0.1, 0.15) is 51.8 Å². The number of ether oxygens (including phenoxy) is 1. The normalized spacial score (nSPS) is 23.8. The zero-order valence-corrected chi connectivity index (χ0v) is 16.6. The zero-order valence-electron chi connectivity index (χ0n) is 13.6. The third kappa shape index (κ3) is 3.71. The molecule has 1 aliphatic rings. The zero-order chi connectivity index (χ0) is 16.7. The summed E-state index contributed by atoms with van der Waals surface area (Å²) in [6, 6.07) is 3.03. The van der Waals surface area contributed by atoms with Gasteiger partial charge in [0.1, 0.15) is 21.9 Å². The van der Waals surface area contributed by atoms with E-state index in [1.165, 1.54) is 6.07 Å². The molecule has 124 valence electrons. The summed E-state index contributed by atoms with van der Waals surface area (Å²) in [4.78, 5) is 0. The molecule has 0 radical (unpaired) electrons. The summed E-state index contributed by atoms with van der Waals surface area (Å²) in [5, 5.41) is 0. The van der Waals surface area contributed by atoms with E-state index in [0.29, 0.717) is 17.7 Å². The van der Waals surface area contributed by atoms with Gasteiger partial charge in [-0.2, -0.15) is 0 Å². The Bertz CT molecular complexity index is 564. The van der Waals surface area contributed by atoms with E-state index >= 15 is 0 Å². The lowest BCUT2D eigenvalue weighted by Gasteiger charge is -2.27. The van der Waals surface area contributed by atoms with Crippen LogP contribution < -0.4 is 9.46 Å². The van der Waals surface area contributed by atoms with Crippen molar-refractivity contribution in [2.75, 3.05) is 4.43 Å². The van der Waals surface area contributed by atoms with E-state index in [9.17, 15) is 8.94 Å². The molecule has 1 heterocycles. The fraction of sp³-hybridized carbons (Fsp3) is 0.625. The second-order valence-electron chi connectivity index (χ2n) is 7.03. The van der Waals surface area contributed by atoms with Crippen molar-refractivity contribution in [3.8, 4) is 5.75 Å². The molecule has 2 rings (SSSR count). The van der Waals surface area contributed by atoms with Gasteiger partial charge in [-0.1, -0.05) is 28.7 Å². The molecule has 0 aliphatic carbocycles. The molecule has 0 saturated heterocycles. The predicted octanol–water partition coefficient (Wildman–Crippen LogP) is 4.07. The SMILES string of the molecule is C[C@@H](N[S+]([O-])C(C)(C)C)c1ccc(F)c2c1O[C@@](C)(CI)C2. The molecule has 0 fully saturated rings. The highest BCUT2D eigenvalue weighted by molar-refractivity contribution is 14.1. The number of hydrogen-bond donors (Lipinski definition) is 1. The van der Waals surface area contributed by atoms with Crippen molar-refractivity contribution in [1.29, 1.82) is 0 Å². The quantitative estimate of drug-likeness (QED) is 0.437. The molecule has 1 aromatic rings. The molecule has 3 atom stereocenters. The van der Waals surface area contributed by atoms with E-state index in [4.69, 9.17) is 4.74 Å². The van der Waals surface area contributed by atoms with Crippen molar-refractivity contribution in [2.45, 2.75) is 57.4 Å². The first kappa shape index (κ1) is 18.3. The van der Waals surface area contributed by atoms with Crippen LogP contribution >= 0.6 is 22.6 Å². The minimum Gasteiger partial charge on any atom is -0.598 e. The van der Waals surface area contributed by atoms with E-state index in [-0.39, 0.29) is 22.2 Å². The highest BCUT2D eigenvalue weighted by Gasteiger charge is 2.39. The third-order valence-corrected chi connectivity index (χ3v) is 7.02. The average molecular weight is 439 g/mol. The topological polar surface area (TPSA) is 44.3 Å². The fourth-order valence-corrected chi connectivity index (χ4v) is 3.61. The summed E-state index contributed by atoms with van der Waals surface area (Å²) in [5.74, 6) is 0.390. The first-order valence-electron chi connectivity index (χ1n) is 7.32. The van der Waals surface area contributed by atoms with Crippen molar-refractivity contribution in [2.24, 2.45) is 0 Å². The maximum absolute atomic E-state index is 14.1. The Balaban J connectivity index is 2.30. The lowest BCUT2D eigenvalue weighted by atomic mass is 9.98. The molecule has 0 saturated carbocycles. The van der Waals surface area contributed by atoms with E-state index in [0.717, 1.165) is 9.99 Å². The second-order valence-corrected chi connectivity index (χ2v) is 9.79. The molecule has 1 aromatic carbocycles. The number of nitrogens with one attached hydrogen (secondary N) is 1. The van der Waals surface area contributed by atoms with Gasteiger partial charge in [0.25, 0.3) is 0 Å². The van der Waals surface area contributed by atoms with Crippen molar-refractivity contribution < 1.29 is 13.7 Å². The molecule has 0 amide bonds. The van der Waals surface area contributed by atoms with Crippen LogP contribution in [0.15, 0.2) is 12.1 Å². The van der Waals surface area contributed by atoms with Crippen molar-refractivity contribution >= 4 is 34.0 Å². The minimum atomic E-state index is -1.19. The monoisotopic (exact) mass is 439 g/mol. The molecule has 6 heteroatoms. The van der Waals surface area contributed by atoms with Gasteiger partial charge in [-0.05, 0) is 40.7 Å². The maximum atomic E-state index is 14.1. The predicted molar refractivity (Wildman–Crippen MR) is 97.5 cm³/mol. The lowest BCUT2D eigenvalue weighted by molar-refractivity contribution is 0.145. The number of rotatable bonds is 4. The molecular weight excluding hydrogens is 416 g/mol. The molecule has 1 unspecified atom stereocenters. The van der Waals surface area contributed by atoms with Gasteiger partial charge in [0.2, 0.25) is 0 Å². The van der Waals surface area contributed by atoms with Gasteiger partial charge in [0.15, 0.2) is 0 Å². The molecule has 22 heavy (non-hydrogen) atoms. The van der Waals surface area contributed by atoms with Crippen LogP contribution in [0.5, 0.6) is 5.75 Å².